The van der Waals surface area contributed by atoms with Crippen molar-refractivity contribution < 1.29 is 14.7 Å². The van der Waals surface area contributed by atoms with E-state index >= 15 is 0 Å². The molecule has 1 aromatic carbocycles. The van der Waals surface area contributed by atoms with E-state index in [9.17, 15) is 14.7 Å². The predicted octanol–water partition coefficient (Wildman–Crippen LogP) is 2.77. The summed E-state index contributed by atoms with van der Waals surface area (Å²) in [4.78, 5) is 24.1. The molecule has 0 spiro atoms. The number of likely N-dealkylation sites (N-methyl/N-ethyl adjacent to an activating group) is 1. The van der Waals surface area contributed by atoms with Crippen molar-refractivity contribution in [3.8, 4) is 0 Å². The zero-order chi connectivity index (χ0) is 14.1. The molecule has 1 atom stereocenters. The van der Waals surface area contributed by atoms with Gasteiger partial charge in [0.05, 0.1) is 10.0 Å². The number of amides is 1. The van der Waals surface area contributed by atoms with E-state index in [0.29, 0.717) is 10.6 Å². The molecule has 0 fully saturated rings. The van der Waals surface area contributed by atoms with Crippen molar-refractivity contribution in [1.29, 1.82) is 0 Å². The molecule has 0 heterocycles. The van der Waals surface area contributed by atoms with Crippen molar-refractivity contribution in [3.63, 3.8) is 0 Å². The molecule has 0 aliphatic heterocycles. The topological polar surface area (TPSA) is 57.6 Å². The Bertz CT molecular complexity index is 504. The maximum atomic E-state index is 11.5. The van der Waals surface area contributed by atoms with Gasteiger partial charge in [0.25, 0.3) is 0 Å². The fraction of sp³-hybridized carbons (Fsp3) is 0.333. The van der Waals surface area contributed by atoms with E-state index in [-0.39, 0.29) is 10.9 Å². The Labute approximate surface area is 115 Å². The van der Waals surface area contributed by atoms with Gasteiger partial charge < -0.3 is 10.0 Å². The molecule has 0 saturated carbocycles. The Kier molecular flexibility index (Phi) is 4.24. The molecule has 1 unspecified atom stereocenters. The maximum Gasteiger partial charge on any atom is 0.334 e. The Morgan fingerprint density at radius 2 is 1.83 bits per heavy atom. The van der Waals surface area contributed by atoms with Gasteiger partial charge in [-0.15, -0.1) is 0 Å². The van der Waals surface area contributed by atoms with Gasteiger partial charge in [-0.2, -0.15) is 0 Å². The number of carboxylic acids is 1. The lowest BCUT2D eigenvalue weighted by Crippen LogP contribution is -2.49. The Morgan fingerprint density at radius 3 is 2.22 bits per heavy atom. The highest BCUT2D eigenvalue weighted by atomic mass is 35.5. The average Bonchev–Trinajstić information content (AvgIpc) is 2.30. The summed E-state index contributed by atoms with van der Waals surface area (Å²) in [5.74, 6) is -1.50. The second kappa shape index (κ2) is 5.16. The molecule has 0 aromatic heterocycles. The summed E-state index contributed by atoms with van der Waals surface area (Å²) in [5.41, 5.74) is -1.10. The lowest BCUT2D eigenvalue weighted by molar-refractivity contribution is -0.156. The summed E-state index contributed by atoms with van der Waals surface area (Å²) in [7, 11) is 1.43. The molecule has 0 aliphatic rings. The molecular weight excluding hydrogens is 277 g/mol. The Hall–Kier alpha value is -1.26. The number of carbonyl (C=O) groups is 2. The van der Waals surface area contributed by atoms with Crippen molar-refractivity contribution in [2.75, 3.05) is 7.05 Å². The number of benzene rings is 1. The van der Waals surface area contributed by atoms with Crippen molar-refractivity contribution in [1.82, 2.24) is 4.90 Å². The van der Waals surface area contributed by atoms with Crippen LogP contribution in [0.5, 0.6) is 0 Å². The number of carbonyl (C=O) groups excluding carboxylic acids is 1. The highest BCUT2D eigenvalue weighted by Gasteiger charge is 2.41. The summed E-state index contributed by atoms with van der Waals surface area (Å²) in [6.07, 6.45) is 0. The van der Waals surface area contributed by atoms with Crippen LogP contribution in [-0.2, 0) is 15.1 Å². The van der Waals surface area contributed by atoms with Gasteiger partial charge in [-0.25, -0.2) is 4.79 Å². The number of hydrogen-bond acceptors (Lipinski definition) is 2. The van der Waals surface area contributed by atoms with Gasteiger partial charge in [-0.1, -0.05) is 29.3 Å². The van der Waals surface area contributed by atoms with Gasteiger partial charge in [0.1, 0.15) is 0 Å². The fourth-order valence-corrected chi connectivity index (χ4v) is 1.87. The lowest BCUT2D eigenvalue weighted by atomic mass is 9.90. The van der Waals surface area contributed by atoms with Gasteiger partial charge in [-0.05, 0) is 24.6 Å². The van der Waals surface area contributed by atoms with Crippen molar-refractivity contribution in [2.24, 2.45) is 0 Å². The number of hydrogen-bond donors (Lipinski definition) is 1. The van der Waals surface area contributed by atoms with E-state index in [1.807, 2.05) is 0 Å². The predicted molar refractivity (Wildman–Crippen MR) is 69.9 cm³/mol. The lowest BCUT2D eigenvalue weighted by Gasteiger charge is -2.35. The van der Waals surface area contributed by atoms with E-state index in [4.69, 9.17) is 23.2 Å². The van der Waals surface area contributed by atoms with E-state index in [1.165, 1.54) is 33.0 Å². The zero-order valence-electron chi connectivity index (χ0n) is 10.2. The van der Waals surface area contributed by atoms with Crippen LogP contribution in [0.2, 0.25) is 10.0 Å². The molecule has 98 valence electrons. The number of aliphatic carboxylic acids is 1. The molecular formula is C12H13Cl2NO3. The van der Waals surface area contributed by atoms with Crippen LogP contribution >= 0.6 is 23.2 Å². The van der Waals surface area contributed by atoms with Gasteiger partial charge in [0, 0.05) is 14.0 Å². The molecule has 1 rings (SSSR count). The highest BCUT2D eigenvalue weighted by molar-refractivity contribution is 6.42. The van der Waals surface area contributed by atoms with Gasteiger partial charge >= 0.3 is 5.97 Å². The fourth-order valence-electron chi connectivity index (χ4n) is 1.57. The minimum Gasteiger partial charge on any atom is -0.479 e. The van der Waals surface area contributed by atoms with Crippen LogP contribution in [0, 0.1) is 0 Å². The number of nitrogens with zero attached hydrogens (tertiary/aromatic N) is 1. The third-order valence-corrected chi connectivity index (χ3v) is 3.78. The van der Waals surface area contributed by atoms with Crippen molar-refractivity contribution in [2.45, 2.75) is 19.4 Å². The minimum atomic E-state index is -1.49. The summed E-state index contributed by atoms with van der Waals surface area (Å²) >= 11 is 11.7. The van der Waals surface area contributed by atoms with E-state index < -0.39 is 11.5 Å². The number of halogens is 2. The Balaban J connectivity index is 3.40. The monoisotopic (exact) mass is 289 g/mol. The van der Waals surface area contributed by atoms with Gasteiger partial charge in [0.2, 0.25) is 5.91 Å². The standard InChI is InChI=1S/C12H13Cl2NO3/c1-7(16)15(3)12(2,11(17)18)8-4-5-9(13)10(14)6-8/h4-6H,1-3H3,(H,17,18). The highest BCUT2D eigenvalue weighted by Crippen LogP contribution is 2.32. The van der Waals surface area contributed by atoms with E-state index in [1.54, 1.807) is 6.07 Å². The summed E-state index contributed by atoms with van der Waals surface area (Å²) < 4.78 is 0. The molecule has 1 amide bonds. The first kappa shape index (κ1) is 14.8. The van der Waals surface area contributed by atoms with Gasteiger partial charge in [0.15, 0.2) is 5.54 Å². The largest absolute Gasteiger partial charge is 0.479 e. The number of rotatable bonds is 3. The molecule has 18 heavy (non-hydrogen) atoms. The molecule has 0 saturated heterocycles. The van der Waals surface area contributed by atoms with Crippen LogP contribution in [0.3, 0.4) is 0 Å². The van der Waals surface area contributed by atoms with Crippen molar-refractivity contribution in [3.05, 3.63) is 33.8 Å². The first-order valence-corrected chi connectivity index (χ1v) is 5.90. The first-order chi connectivity index (χ1) is 8.21. The van der Waals surface area contributed by atoms with Gasteiger partial charge in [-0.3, -0.25) is 4.79 Å². The molecule has 1 aromatic rings. The van der Waals surface area contributed by atoms with Crippen molar-refractivity contribution >= 4 is 35.1 Å². The minimum absolute atomic E-state index is 0.249. The first-order valence-electron chi connectivity index (χ1n) is 5.14. The normalized spacial score (nSPS) is 13.8. The van der Waals surface area contributed by atoms with E-state index in [2.05, 4.69) is 0 Å². The smallest absolute Gasteiger partial charge is 0.334 e. The molecule has 4 nitrogen and oxygen atoms in total. The molecule has 1 N–H and O–H groups in total. The van der Waals surface area contributed by atoms with Crippen LogP contribution in [0.1, 0.15) is 19.4 Å². The summed E-state index contributed by atoms with van der Waals surface area (Å²) in [6, 6.07) is 4.51. The average molecular weight is 290 g/mol. The van der Waals surface area contributed by atoms with Crippen LogP contribution < -0.4 is 0 Å². The SMILES string of the molecule is CC(=O)N(C)C(C)(C(=O)O)c1ccc(Cl)c(Cl)c1. The third kappa shape index (κ3) is 2.44. The summed E-state index contributed by atoms with van der Waals surface area (Å²) in [5, 5.41) is 9.98. The second-order valence-corrected chi connectivity index (χ2v) is 4.90. The second-order valence-electron chi connectivity index (χ2n) is 4.08. The quantitative estimate of drug-likeness (QED) is 0.931. The van der Waals surface area contributed by atoms with E-state index in [0.717, 1.165) is 4.90 Å². The maximum absolute atomic E-state index is 11.5. The molecule has 6 heteroatoms. The van der Waals surface area contributed by atoms with Crippen LogP contribution in [-0.4, -0.2) is 28.9 Å². The molecule has 0 radical (unpaired) electrons. The summed E-state index contributed by atoms with van der Waals surface area (Å²) in [6.45, 7) is 2.75. The van der Waals surface area contributed by atoms with Crippen LogP contribution in [0.25, 0.3) is 0 Å². The number of carboxylic acid groups (broad SMARTS) is 1. The van der Waals surface area contributed by atoms with Crippen LogP contribution in [0.4, 0.5) is 0 Å². The Morgan fingerprint density at radius 1 is 1.28 bits per heavy atom. The molecule has 0 bridgehead atoms. The molecule has 0 aliphatic carbocycles. The van der Waals surface area contributed by atoms with Crippen LogP contribution in [0.15, 0.2) is 18.2 Å². The zero-order valence-corrected chi connectivity index (χ0v) is 11.7. The third-order valence-electron chi connectivity index (χ3n) is 3.04.